The summed E-state index contributed by atoms with van der Waals surface area (Å²) in [7, 11) is 1.62. The van der Waals surface area contributed by atoms with Crippen molar-refractivity contribution < 1.29 is 4.79 Å². The molecule has 3 aromatic rings. The molecule has 0 radical (unpaired) electrons. The average molecular weight is 422 g/mol. The zero-order chi connectivity index (χ0) is 21.5. The van der Waals surface area contributed by atoms with Crippen molar-refractivity contribution in [1.29, 1.82) is 0 Å². The van der Waals surface area contributed by atoms with Crippen LogP contribution in [0.4, 0.5) is 5.95 Å². The molecule has 0 atom stereocenters. The van der Waals surface area contributed by atoms with Gasteiger partial charge < -0.3 is 9.47 Å². The maximum Gasteiger partial charge on any atom is 0.332 e. The molecule has 5 rings (SSSR count). The van der Waals surface area contributed by atoms with Crippen LogP contribution in [0.3, 0.4) is 0 Å². The number of nitrogens with zero attached hydrogens (tertiary/aromatic N) is 5. The molecule has 2 aromatic heterocycles. The van der Waals surface area contributed by atoms with Crippen molar-refractivity contribution in [2.75, 3.05) is 11.4 Å². The topological polar surface area (TPSA) is 82.1 Å². The molecule has 8 nitrogen and oxygen atoms in total. The lowest BCUT2D eigenvalue weighted by Gasteiger charge is -2.37. The number of imidazole rings is 1. The van der Waals surface area contributed by atoms with Gasteiger partial charge in [-0.2, -0.15) is 4.98 Å². The molecular formula is C23H27N5O3. The molecule has 0 amide bonds. The lowest BCUT2D eigenvalue weighted by Crippen LogP contribution is -2.43. The van der Waals surface area contributed by atoms with Crippen molar-refractivity contribution in [3.05, 3.63) is 56.7 Å². The van der Waals surface area contributed by atoms with Gasteiger partial charge in [0.05, 0.1) is 6.54 Å². The monoisotopic (exact) mass is 421 g/mol. The first-order chi connectivity index (χ1) is 15.1. The van der Waals surface area contributed by atoms with E-state index in [1.54, 1.807) is 31.3 Å². The Balaban J connectivity index is 1.61. The van der Waals surface area contributed by atoms with Crippen molar-refractivity contribution in [2.24, 2.45) is 7.05 Å². The number of carbonyl (C=O) groups excluding carboxylic acids is 1. The Bertz CT molecular complexity index is 1250. The summed E-state index contributed by atoms with van der Waals surface area (Å²) in [5.74, 6) is 0.522. The van der Waals surface area contributed by atoms with Crippen molar-refractivity contribution >= 4 is 22.9 Å². The van der Waals surface area contributed by atoms with Crippen LogP contribution >= 0.6 is 0 Å². The smallest absolute Gasteiger partial charge is 0.332 e. The van der Waals surface area contributed by atoms with E-state index in [4.69, 9.17) is 4.98 Å². The maximum atomic E-state index is 13.4. The Morgan fingerprint density at radius 1 is 1.03 bits per heavy atom. The van der Waals surface area contributed by atoms with Crippen LogP contribution in [0.2, 0.25) is 0 Å². The van der Waals surface area contributed by atoms with Crippen LogP contribution in [0.5, 0.6) is 0 Å². The molecule has 2 aliphatic rings. The molecule has 1 aliphatic carbocycles. The Kier molecular flexibility index (Phi) is 5.00. The van der Waals surface area contributed by atoms with Gasteiger partial charge in [0.2, 0.25) is 5.95 Å². The van der Waals surface area contributed by atoms with E-state index in [0.29, 0.717) is 29.3 Å². The maximum absolute atomic E-state index is 13.4. The molecule has 8 heteroatoms. The quantitative estimate of drug-likeness (QED) is 0.604. The van der Waals surface area contributed by atoms with Crippen molar-refractivity contribution in [3.63, 3.8) is 0 Å². The SMILES string of the molecule is Cn1c(=O)n(CC(=O)c2ccccc2)c(=O)c2c1nc1n2CCCN1C1CCCCC1. The minimum absolute atomic E-state index is 0.263. The summed E-state index contributed by atoms with van der Waals surface area (Å²) in [4.78, 5) is 46.2. The van der Waals surface area contributed by atoms with Gasteiger partial charge >= 0.3 is 5.69 Å². The minimum atomic E-state index is -0.513. The van der Waals surface area contributed by atoms with Crippen LogP contribution < -0.4 is 16.1 Å². The van der Waals surface area contributed by atoms with Gasteiger partial charge in [-0.1, -0.05) is 49.6 Å². The molecule has 0 spiro atoms. The number of rotatable bonds is 4. The molecule has 162 valence electrons. The number of fused-ring (bicyclic) bond motifs is 3. The number of benzene rings is 1. The van der Waals surface area contributed by atoms with Crippen molar-refractivity contribution in [1.82, 2.24) is 18.7 Å². The summed E-state index contributed by atoms with van der Waals surface area (Å²) < 4.78 is 4.41. The van der Waals surface area contributed by atoms with Crippen LogP contribution in [0.1, 0.15) is 48.9 Å². The number of hydrogen-bond acceptors (Lipinski definition) is 5. The van der Waals surface area contributed by atoms with E-state index in [0.717, 1.165) is 36.3 Å². The number of ketones is 1. The van der Waals surface area contributed by atoms with E-state index in [2.05, 4.69) is 4.90 Å². The Labute approximate surface area is 179 Å². The Morgan fingerprint density at radius 3 is 2.52 bits per heavy atom. The van der Waals surface area contributed by atoms with E-state index in [9.17, 15) is 14.4 Å². The molecule has 1 saturated carbocycles. The molecule has 1 aromatic carbocycles. The fourth-order valence-corrected chi connectivity index (χ4v) is 5.03. The summed E-state index contributed by atoms with van der Waals surface area (Å²) in [6.45, 7) is 1.33. The number of anilines is 1. The van der Waals surface area contributed by atoms with Gasteiger partial charge in [0.15, 0.2) is 16.9 Å². The highest BCUT2D eigenvalue weighted by atomic mass is 16.2. The summed E-state index contributed by atoms with van der Waals surface area (Å²) in [6, 6.07) is 9.18. The van der Waals surface area contributed by atoms with E-state index >= 15 is 0 Å². The highest BCUT2D eigenvalue weighted by Gasteiger charge is 2.31. The summed E-state index contributed by atoms with van der Waals surface area (Å²) in [6.07, 6.45) is 6.91. The average Bonchev–Trinajstić information content (AvgIpc) is 3.21. The third-order valence-corrected chi connectivity index (χ3v) is 6.66. The lowest BCUT2D eigenvalue weighted by molar-refractivity contribution is 0.0969. The predicted molar refractivity (Wildman–Crippen MR) is 119 cm³/mol. The van der Waals surface area contributed by atoms with Gasteiger partial charge in [-0.25, -0.2) is 4.79 Å². The van der Waals surface area contributed by atoms with Gasteiger partial charge in [0, 0.05) is 31.7 Å². The fourth-order valence-electron chi connectivity index (χ4n) is 5.03. The molecule has 0 N–H and O–H groups in total. The van der Waals surface area contributed by atoms with Crippen LogP contribution in [0.15, 0.2) is 39.9 Å². The second-order valence-corrected chi connectivity index (χ2v) is 8.60. The zero-order valence-corrected chi connectivity index (χ0v) is 17.8. The largest absolute Gasteiger partial charge is 0.339 e. The molecule has 31 heavy (non-hydrogen) atoms. The third kappa shape index (κ3) is 3.30. The standard InChI is InChI=1S/C23H27N5O3/c1-25-20-19(21(30)28(23(25)31)15-18(29)16-9-4-2-5-10-16)27-14-8-13-26(22(27)24-20)17-11-6-3-7-12-17/h2,4-5,9-10,17H,3,6-8,11-15H2,1H3. The summed E-state index contributed by atoms with van der Waals surface area (Å²) in [5.41, 5.74) is 0.345. The van der Waals surface area contributed by atoms with Gasteiger partial charge in [0.1, 0.15) is 0 Å². The zero-order valence-electron chi connectivity index (χ0n) is 17.8. The van der Waals surface area contributed by atoms with E-state index in [1.807, 2.05) is 10.6 Å². The molecule has 1 aliphatic heterocycles. The van der Waals surface area contributed by atoms with Gasteiger partial charge in [0.25, 0.3) is 5.56 Å². The van der Waals surface area contributed by atoms with Gasteiger partial charge in [-0.15, -0.1) is 0 Å². The highest BCUT2D eigenvalue weighted by Crippen LogP contribution is 2.31. The number of Topliss-reactive ketones (excluding diaryl/α,β-unsaturated/α-hetero) is 1. The second-order valence-electron chi connectivity index (χ2n) is 8.60. The summed E-state index contributed by atoms with van der Waals surface area (Å²) >= 11 is 0. The Hall–Kier alpha value is -3.16. The van der Waals surface area contributed by atoms with Crippen molar-refractivity contribution in [3.8, 4) is 0 Å². The molecule has 0 bridgehead atoms. The first-order valence-electron chi connectivity index (χ1n) is 11.1. The predicted octanol–water partition coefficient (Wildman–Crippen LogP) is 2.32. The molecule has 0 unspecified atom stereocenters. The van der Waals surface area contributed by atoms with E-state index < -0.39 is 11.2 Å². The fraction of sp³-hybridized carbons (Fsp3) is 0.478. The van der Waals surface area contributed by atoms with E-state index in [1.165, 1.54) is 23.8 Å². The van der Waals surface area contributed by atoms with Gasteiger partial charge in [-0.05, 0) is 19.3 Å². The number of aryl methyl sites for hydroxylation is 2. The summed E-state index contributed by atoms with van der Waals surface area (Å²) in [5, 5.41) is 0. The van der Waals surface area contributed by atoms with E-state index in [-0.39, 0.29) is 12.3 Å². The van der Waals surface area contributed by atoms with Crippen LogP contribution in [-0.2, 0) is 20.1 Å². The molecule has 1 fully saturated rings. The Morgan fingerprint density at radius 2 is 1.77 bits per heavy atom. The normalized spacial score (nSPS) is 17.1. The molecule has 3 heterocycles. The first kappa shape index (κ1) is 19.8. The lowest BCUT2D eigenvalue weighted by atomic mass is 9.94. The number of carbonyl (C=O) groups is 1. The second kappa shape index (κ2) is 7.83. The van der Waals surface area contributed by atoms with Crippen molar-refractivity contribution in [2.45, 2.75) is 57.7 Å². The van der Waals surface area contributed by atoms with Crippen LogP contribution in [-0.4, -0.2) is 37.1 Å². The van der Waals surface area contributed by atoms with Gasteiger partial charge in [-0.3, -0.25) is 18.7 Å². The molecule has 0 saturated heterocycles. The number of hydrogen-bond donors (Lipinski definition) is 0. The molecular weight excluding hydrogens is 394 g/mol. The first-order valence-corrected chi connectivity index (χ1v) is 11.1. The van der Waals surface area contributed by atoms with Crippen LogP contribution in [0.25, 0.3) is 11.2 Å². The third-order valence-electron chi connectivity index (χ3n) is 6.66. The minimum Gasteiger partial charge on any atom is -0.339 e. The van der Waals surface area contributed by atoms with Crippen LogP contribution in [0, 0.1) is 0 Å². The highest BCUT2D eigenvalue weighted by molar-refractivity contribution is 5.95. The number of aromatic nitrogens is 4.